The van der Waals surface area contributed by atoms with Crippen LogP contribution in [0.2, 0.25) is 0 Å². The Morgan fingerprint density at radius 2 is 2.15 bits per heavy atom. The summed E-state index contributed by atoms with van der Waals surface area (Å²) in [6.45, 7) is 1.87. The van der Waals surface area contributed by atoms with E-state index >= 15 is 0 Å². The van der Waals surface area contributed by atoms with E-state index in [9.17, 15) is 4.79 Å². The van der Waals surface area contributed by atoms with E-state index in [1.807, 2.05) is 14.0 Å². The third-order valence-corrected chi connectivity index (χ3v) is 2.96. The number of carbonyl (C=O) groups is 1. The molecule has 0 atom stereocenters. The zero-order valence-electron chi connectivity index (χ0n) is 11.6. The van der Waals surface area contributed by atoms with Crippen molar-refractivity contribution in [3.05, 3.63) is 35.4 Å². The Labute approximate surface area is 116 Å². The first kappa shape index (κ1) is 13.9. The lowest BCUT2D eigenvalue weighted by atomic mass is 10.2. The van der Waals surface area contributed by atoms with Crippen LogP contribution in [-0.4, -0.2) is 27.8 Å². The summed E-state index contributed by atoms with van der Waals surface area (Å²) >= 11 is 0. The van der Waals surface area contributed by atoms with Gasteiger partial charge in [-0.25, -0.2) is 4.79 Å². The first-order valence-electron chi connectivity index (χ1n) is 5.98. The Balaban J connectivity index is 2.11. The molecule has 7 heteroatoms. The van der Waals surface area contributed by atoms with Crippen molar-refractivity contribution in [2.24, 2.45) is 7.05 Å². The summed E-state index contributed by atoms with van der Waals surface area (Å²) in [5.41, 5.74) is 6.47. The molecule has 1 aromatic carbocycles. The standard InChI is InChI=1S/C13H16N4O3/c1-8-15-16-12(17(8)2)7-20-13(18)10-5-4-9(14)6-11(10)19-3/h4-6H,7,14H2,1-3H3. The quantitative estimate of drug-likeness (QED) is 0.663. The monoisotopic (exact) mass is 276 g/mol. The molecule has 0 aliphatic rings. The molecule has 1 aromatic heterocycles. The van der Waals surface area contributed by atoms with Crippen molar-refractivity contribution in [3.63, 3.8) is 0 Å². The van der Waals surface area contributed by atoms with Crippen LogP contribution in [0.25, 0.3) is 0 Å². The Hall–Kier alpha value is -2.57. The molecule has 0 amide bonds. The van der Waals surface area contributed by atoms with E-state index in [0.717, 1.165) is 5.82 Å². The molecular weight excluding hydrogens is 260 g/mol. The van der Waals surface area contributed by atoms with Gasteiger partial charge in [0.1, 0.15) is 17.1 Å². The highest BCUT2D eigenvalue weighted by atomic mass is 16.5. The molecule has 0 radical (unpaired) electrons. The number of anilines is 1. The SMILES string of the molecule is COc1cc(N)ccc1C(=O)OCc1nnc(C)n1C. The van der Waals surface area contributed by atoms with Crippen LogP contribution in [0, 0.1) is 6.92 Å². The van der Waals surface area contributed by atoms with Gasteiger partial charge in [-0.05, 0) is 19.1 Å². The number of nitrogens with two attached hydrogens (primary N) is 1. The maximum atomic E-state index is 12.0. The van der Waals surface area contributed by atoms with Crippen molar-refractivity contribution in [1.82, 2.24) is 14.8 Å². The number of aromatic nitrogens is 3. The molecule has 2 rings (SSSR count). The highest BCUT2D eigenvalue weighted by Crippen LogP contribution is 2.22. The molecular formula is C13H16N4O3. The molecule has 20 heavy (non-hydrogen) atoms. The number of esters is 1. The van der Waals surface area contributed by atoms with Crippen LogP contribution in [0.4, 0.5) is 5.69 Å². The summed E-state index contributed by atoms with van der Waals surface area (Å²) in [5.74, 6) is 1.21. The van der Waals surface area contributed by atoms with Crippen LogP contribution in [0.1, 0.15) is 22.0 Å². The molecule has 0 bridgehead atoms. The lowest BCUT2D eigenvalue weighted by Gasteiger charge is -2.09. The fraction of sp³-hybridized carbons (Fsp3) is 0.308. The van der Waals surface area contributed by atoms with Crippen LogP contribution < -0.4 is 10.5 Å². The minimum atomic E-state index is -0.498. The van der Waals surface area contributed by atoms with Gasteiger partial charge in [0.25, 0.3) is 0 Å². The summed E-state index contributed by atoms with van der Waals surface area (Å²) in [4.78, 5) is 12.0. The number of nitrogen functional groups attached to an aromatic ring is 1. The van der Waals surface area contributed by atoms with E-state index in [2.05, 4.69) is 10.2 Å². The lowest BCUT2D eigenvalue weighted by Crippen LogP contribution is -2.10. The zero-order chi connectivity index (χ0) is 14.7. The average Bonchev–Trinajstić information content (AvgIpc) is 2.76. The molecule has 0 saturated heterocycles. The molecule has 0 fully saturated rings. The van der Waals surface area contributed by atoms with Gasteiger partial charge < -0.3 is 19.8 Å². The van der Waals surface area contributed by atoms with E-state index in [0.29, 0.717) is 22.8 Å². The number of rotatable bonds is 4. The molecule has 2 aromatic rings. The second-order valence-electron chi connectivity index (χ2n) is 4.26. The zero-order valence-corrected chi connectivity index (χ0v) is 11.6. The fourth-order valence-corrected chi connectivity index (χ4v) is 1.66. The Morgan fingerprint density at radius 3 is 2.75 bits per heavy atom. The maximum Gasteiger partial charge on any atom is 0.342 e. The predicted octanol–water partition coefficient (Wildman–Crippen LogP) is 1.07. The van der Waals surface area contributed by atoms with Gasteiger partial charge in [0.2, 0.25) is 0 Å². The third-order valence-electron chi connectivity index (χ3n) is 2.96. The lowest BCUT2D eigenvalue weighted by molar-refractivity contribution is 0.0455. The summed E-state index contributed by atoms with van der Waals surface area (Å²) in [5, 5.41) is 7.81. The molecule has 0 spiro atoms. The second kappa shape index (κ2) is 5.60. The molecule has 0 saturated carbocycles. The molecule has 0 aliphatic carbocycles. The van der Waals surface area contributed by atoms with Crippen molar-refractivity contribution in [1.29, 1.82) is 0 Å². The Bertz CT molecular complexity index is 637. The molecule has 0 aliphatic heterocycles. The van der Waals surface area contributed by atoms with Crippen molar-refractivity contribution in [2.75, 3.05) is 12.8 Å². The number of hydrogen-bond acceptors (Lipinski definition) is 6. The van der Waals surface area contributed by atoms with Gasteiger partial charge in [0, 0.05) is 18.8 Å². The van der Waals surface area contributed by atoms with Crippen molar-refractivity contribution >= 4 is 11.7 Å². The highest BCUT2D eigenvalue weighted by Gasteiger charge is 2.15. The fourth-order valence-electron chi connectivity index (χ4n) is 1.66. The van der Waals surface area contributed by atoms with Crippen molar-refractivity contribution < 1.29 is 14.3 Å². The van der Waals surface area contributed by atoms with Crippen LogP contribution in [0.3, 0.4) is 0 Å². The van der Waals surface area contributed by atoms with Crippen molar-refractivity contribution in [3.8, 4) is 5.75 Å². The van der Waals surface area contributed by atoms with Crippen LogP contribution in [-0.2, 0) is 18.4 Å². The van der Waals surface area contributed by atoms with Crippen LogP contribution >= 0.6 is 0 Å². The maximum absolute atomic E-state index is 12.0. The normalized spacial score (nSPS) is 10.3. The first-order valence-corrected chi connectivity index (χ1v) is 5.98. The van der Waals surface area contributed by atoms with E-state index in [-0.39, 0.29) is 6.61 Å². The van der Waals surface area contributed by atoms with Gasteiger partial charge in [0.15, 0.2) is 12.4 Å². The molecule has 0 unspecified atom stereocenters. The average molecular weight is 276 g/mol. The number of nitrogens with zero attached hydrogens (tertiary/aromatic N) is 3. The van der Waals surface area contributed by atoms with Gasteiger partial charge in [-0.3, -0.25) is 0 Å². The number of hydrogen-bond donors (Lipinski definition) is 1. The summed E-state index contributed by atoms with van der Waals surface area (Å²) in [7, 11) is 3.28. The largest absolute Gasteiger partial charge is 0.496 e. The number of aryl methyl sites for hydroxylation is 1. The topological polar surface area (TPSA) is 92.3 Å². The Morgan fingerprint density at radius 1 is 1.40 bits per heavy atom. The van der Waals surface area contributed by atoms with Gasteiger partial charge in [-0.15, -0.1) is 10.2 Å². The van der Waals surface area contributed by atoms with Crippen molar-refractivity contribution in [2.45, 2.75) is 13.5 Å². The number of carbonyl (C=O) groups excluding carboxylic acids is 1. The van der Waals surface area contributed by atoms with E-state index in [1.165, 1.54) is 7.11 Å². The van der Waals surface area contributed by atoms with Gasteiger partial charge in [-0.2, -0.15) is 0 Å². The molecule has 106 valence electrons. The van der Waals surface area contributed by atoms with Gasteiger partial charge >= 0.3 is 5.97 Å². The molecule has 7 nitrogen and oxygen atoms in total. The number of methoxy groups -OCH3 is 1. The minimum Gasteiger partial charge on any atom is -0.496 e. The second-order valence-corrected chi connectivity index (χ2v) is 4.26. The third kappa shape index (κ3) is 2.71. The highest BCUT2D eigenvalue weighted by molar-refractivity contribution is 5.93. The first-order chi connectivity index (χ1) is 9.52. The van der Waals surface area contributed by atoms with Crippen LogP contribution in [0.15, 0.2) is 18.2 Å². The van der Waals surface area contributed by atoms with Crippen LogP contribution in [0.5, 0.6) is 5.75 Å². The smallest absolute Gasteiger partial charge is 0.342 e. The molecule has 1 heterocycles. The van der Waals surface area contributed by atoms with E-state index in [1.54, 1.807) is 22.8 Å². The summed E-state index contributed by atoms with van der Waals surface area (Å²) in [6.07, 6.45) is 0. The van der Waals surface area contributed by atoms with E-state index in [4.69, 9.17) is 15.2 Å². The summed E-state index contributed by atoms with van der Waals surface area (Å²) < 4.78 is 12.1. The molecule has 2 N–H and O–H groups in total. The predicted molar refractivity (Wildman–Crippen MR) is 72.3 cm³/mol. The summed E-state index contributed by atoms with van der Waals surface area (Å²) in [6, 6.07) is 4.76. The number of benzene rings is 1. The van der Waals surface area contributed by atoms with E-state index < -0.39 is 5.97 Å². The number of ether oxygens (including phenoxy) is 2. The van der Waals surface area contributed by atoms with Gasteiger partial charge in [0.05, 0.1) is 7.11 Å². The Kier molecular flexibility index (Phi) is 3.88. The van der Waals surface area contributed by atoms with Gasteiger partial charge in [-0.1, -0.05) is 0 Å². The minimum absolute atomic E-state index is 0.0453.